The highest BCUT2D eigenvalue weighted by Gasteiger charge is 2.07. The van der Waals surface area contributed by atoms with Gasteiger partial charge < -0.3 is 0 Å². The minimum Gasteiger partial charge on any atom is -0.264 e. The van der Waals surface area contributed by atoms with Crippen LogP contribution in [-0.4, -0.2) is 9.97 Å². The summed E-state index contributed by atoms with van der Waals surface area (Å²) in [6.07, 6.45) is 5.47. The van der Waals surface area contributed by atoms with Gasteiger partial charge in [0.15, 0.2) is 0 Å². The molecule has 86 valence electrons. The average Bonchev–Trinajstić information content (AvgIpc) is 2.49. The van der Waals surface area contributed by atoms with E-state index >= 15 is 0 Å². The first kappa shape index (κ1) is 10.7. The normalized spacial score (nSPS) is 10.2. The zero-order valence-electron chi connectivity index (χ0n) is 9.82. The third-order valence-corrected chi connectivity index (χ3v) is 2.83. The van der Waals surface area contributed by atoms with Crippen LogP contribution in [0.4, 0.5) is 0 Å². The third-order valence-electron chi connectivity index (χ3n) is 2.83. The first-order valence-electron chi connectivity index (χ1n) is 5.86. The van der Waals surface area contributed by atoms with Crippen molar-refractivity contribution in [2.24, 2.45) is 0 Å². The highest BCUT2D eigenvalue weighted by atomic mass is 14.7. The summed E-state index contributed by atoms with van der Waals surface area (Å²) >= 11 is 0. The predicted octanol–water partition coefficient (Wildman–Crippen LogP) is 3.81. The molecule has 2 nitrogen and oxygen atoms in total. The van der Waals surface area contributed by atoms with Crippen LogP contribution in [0.5, 0.6) is 0 Å². The molecule has 0 aliphatic heterocycles. The quantitative estimate of drug-likeness (QED) is 0.671. The molecule has 0 spiro atoms. The van der Waals surface area contributed by atoms with Crippen LogP contribution in [-0.2, 0) is 0 Å². The number of benzene rings is 1. The van der Waals surface area contributed by atoms with Crippen molar-refractivity contribution < 1.29 is 0 Å². The van der Waals surface area contributed by atoms with E-state index in [1.165, 1.54) is 0 Å². The highest BCUT2D eigenvalue weighted by Crippen LogP contribution is 2.29. The van der Waals surface area contributed by atoms with E-state index in [1.54, 1.807) is 6.20 Å². The van der Waals surface area contributed by atoms with Crippen molar-refractivity contribution in [3.8, 4) is 22.4 Å². The largest absolute Gasteiger partial charge is 0.264 e. The van der Waals surface area contributed by atoms with Crippen molar-refractivity contribution in [3.05, 3.63) is 73.2 Å². The fourth-order valence-electron chi connectivity index (χ4n) is 1.99. The van der Waals surface area contributed by atoms with Gasteiger partial charge in [-0.1, -0.05) is 42.5 Å². The first-order chi connectivity index (χ1) is 8.95. The maximum Gasteiger partial charge on any atom is 0.0780 e. The lowest BCUT2D eigenvalue weighted by Crippen LogP contribution is -1.88. The molecule has 0 radical (unpaired) electrons. The number of nitrogens with zero attached hydrogens (tertiary/aromatic N) is 2. The minimum absolute atomic E-state index is 0.992. The number of hydrogen-bond acceptors (Lipinski definition) is 2. The standard InChI is InChI=1S/C16H12N2/c1-2-6-13(7-3-1)16-15(9-5-11-18-16)14-8-4-10-17-12-14/h1-12H. The summed E-state index contributed by atoms with van der Waals surface area (Å²) in [6, 6.07) is 18.2. The lowest BCUT2D eigenvalue weighted by molar-refractivity contribution is 1.30. The Bertz CT molecular complexity index is 575. The Hall–Kier alpha value is -2.48. The monoisotopic (exact) mass is 232 g/mol. The summed E-state index contributed by atoms with van der Waals surface area (Å²) in [5, 5.41) is 0. The second kappa shape index (κ2) is 4.80. The second-order valence-electron chi connectivity index (χ2n) is 4.01. The van der Waals surface area contributed by atoms with Crippen LogP contribution < -0.4 is 0 Å². The molecule has 2 heteroatoms. The molecule has 2 aromatic heterocycles. The molecule has 3 aromatic rings. The van der Waals surface area contributed by atoms with E-state index in [2.05, 4.69) is 34.2 Å². The molecule has 0 fully saturated rings. The summed E-state index contributed by atoms with van der Waals surface area (Å²) in [5.41, 5.74) is 4.31. The van der Waals surface area contributed by atoms with Crippen LogP contribution >= 0.6 is 0 Å². The van der Waals surface area contributed by atoms with Gasteiger partial charge in [0, 0.05) is 35.3 Å². The van der Waals surface area contributed by atoms with Gasteiger partial charge >= 0.3 is 0 Å². The molecular formula is C16H12N2. The van der Waals surface area contributed by atoms with Crippen molar-refractivity contribution in [2.45, 2.75) is 0 Å². The van der Waals surface area contributed by atoms with Gasteiger partial charge in [0.2, 0.25) is 0 Å². The minimum atomic E-state index is 0.992. The third kappa shape index (κ3) is 2.00. The smallest absolute Gasteiger partial charge is 0.0780 e. The second-order valence-corrected chi connectivity index (χ2v) is 4.01. The molecule has 0 unspecified atom stereocenters. The average molecular weight is 232 g/mol. The molecule has 0 aliphatic carbocycles. The topological polar surface area (TPSA) is 25.8 Å². The molecule has 0 bridgehead atoms. The number of pyridine rings is 2. The summed E-state index contributed by atoms with van der Waals surface area (Å²) < 4.78 is 0. The van der Waals surface area contributed by atoms with E-state index in [9.17, 15) is 0 Å². The zero-order valence-corrected chi connectivity index (χ0v) is 9.82. The van der Waals surface area contributed by atoms with E-state index in [4.69, 9.17) is 0 Å². The van der Waals surface area contributed by atoms with Crippen molar-refractivity contribution >= 4 is 0 Å². The Kier molecular flexibility index (Phi) is 2.84. The molecule has 0 saturated heterocycles. The van der Waals surface area contributed by atoms with Crippen LogP contribution in [0.3, 0.4) is 0 Å². The van der Waals surface area contributed by atoms with Crippen molar-refractivity contribution in [1.29, 1.82) is 0 Å². The van der Waals surface area contributed by atoms with Gasteiger partial charge in [-0.25, -0.2) is 0 Å². The number of rotatable bonds is 2. The Labute approximate surface area is 106 Å². The van der Waals surface area contributed by atoms with E-state index in [0.29, 0.717) is 0 Å². The molecule has 0 atom stereocenters. The molecule has 18 heavy (non-hydrogen) atoms. The van der Waals surface area contributed by atoms with E-state index in [-0.39, 0.29) is 0 Å². The molecule has 3 rings (SSSR count). The SMILES string of the molecule is c1ccc(-c2ncccc2-c2cccnc2)cc1. The van der Waals surface area contributed by atoms with Gasteiger partial charge in [-0.2, -0.15) is 0 Å². The molecule has 0 saturated carbocycles. The van der Waals surface area contributed by atoms with Crippen LogP contribution in [0.1, 0.15) is 0 Å². The Balaban J connectivity index is 2.18. The lowest BCUT2D eigenvalue weighted by atomic mass is 10.0. The van der Waals surface area contributed by atoms with Crippen molar-refractivity contribution in [1.82, 2.24) is 9.97 Å². The summed E-state index contributed by atoms with van der Waals surface area (Å²) in [7, 11) is 0. The van der Waals surface area contributed by atoms with Gasteiger partial charge in [-0.3, -0.25) is 9.97 Å². The summed E-state index contributed by atoms with van der Waals surface area (Å²) in [5.74, 6) is 0. The van der Waals surface area contributed by atoms with Gasteiger partial charge in [0.25, 0.3) is 0 Å². The summed E-state index contributed by atoms with van der Waals surface area (Å²) in [4.78, 5) is 8.67. The Morgan fingerprint density at radius 2 is 1.44 bits per heavy atom. The maximum atomic E-state index is 4.50. The molecule has 0 aliphatic rings. The van der Waals surface area contributed by atoms with Gasteiger partial charge in [-0.15, -0.1) is 0 Å². The molecule has 2 heterocycles. The Morgan fingerprint density at radius 1 is 0.667 bits per heavy atom. The zero-order chi connectivity index (χ0) is 12.2. The van der Waals surface area contributed by atoms with E-state index in [1.807, 2.05) is 42.7 Å². The molecule has 1 aromatic carbocycles. The van der Waals surface area contributed by atoms with Gasteiger partial charge in [-0.05, 0) is 12.1 Å². The van der Waals surface area contributed by atoms with Crippen LogP contribution in [0.25, 0.3) is 22.4 Å². The molecular weight excluding hydrogens is 220 g/mol. The fraction of sp³-hybridized carbons (Fsp3) is 0. The van der Waals surface area contributed by atoms with Crippen LogP contribution in [0, 0.1) is 0 Å². The number of hydrogen-bond donors (Lipinski definition) is 0. The maximum absolute atomic E-state index is 4.50. The van der Waals surface area contributed by atoms with E-state index < -0.39 is 0 Å². The van der Waals surface area contributed by atoms with Gasteiger partial charge in [0.1, 0.15) is 0 Å². The first-order valence-corrected chi connectivity index (χ1v) is 5.86. The molecule has 0 N–H and O–H groups in total. The molecule has 0 amide bonds. The van der Waals surface area contributed by atoms with Gasteiger partial charge in [0.05, 0.1) is 5.69 Å². The predicted molar refractivity (Wildman–Crippen MR) is 72.9 cm³/mol. The van der Waals surface area contributed by atoms with Crippen molar-refractivity contribution in [2.75, 3.05) is 0 Å². The van der Waals surface area contributed by atoms with Crippen LogP contribution in [0.2, 0.25) is 0 Å². The highest BCUT2D eigenvalue weighted by molar-refractivity contribution is 5.79. The van der Waals surface area contributed by atoms with E-state index in [0.717, 1.165) is 22.4 Å². The van der Waals surface area contributed by atoms with Crippen LogP contribution in [0.15, 0.2) is 73.2 Å². The summed E-state index contributed by atoms with van der Waals surface area (Å²) in [6.45, 7) is 0. The lowest BCUT2D eigenvalue weighted by Gasteiger charge is -2.08. The Morgan fingerprint density at radius 3 is 2.22 bits per heavy atom. The number of aromatic nitrogens is 2. The fourth-order valence-corrected chi connectivity index (χ4v) is 1.99. The van der Waals surface area contributed by atoms with Crippen molar-refractivity contribution in [3.63, 3.8) is 0 Å².